The Kier molecular flexibility index (Phi) is 15.1. The quantitative estimate of drug-likeness (QED) is 0.182. The van der Waals surface area contributed by atoms with Gasteiger partial charge in [0.05, 0.1) is 56.7 Å². The third-order valence-corrected chi connectivity index (χ3v) is 11.4. The lowest BCUT2D eigenvalue weighted by Crippen LogP contribution is -2.44. The summed E-state index contributed by atoms with van der Waals surface area (Å²) in [5.41, 5.74) is 7.05. The second-order valence-corrected chi connectivity index (χ2v) is 15.8. The number of rotatable bonds is 12. The van der Waals surface area contributed by atoms with Gasteiger partial charge in [-0.25, -0.2) is 4.99 Å². The van der Waals surface area contributed by atoms with E-state index in [0.29, 0.717) is 68.9 Å². The molecule has 1 saturated heterocycles. The van der Waals surface area contributed by atoms with Crippen molar-refractivity contribution in [2.24, 2.45) is 10.7 Å². The Labute approximate surface area is 342 Å². The molecule has 4 amide bonds. The molecule has 0 unspecified atom stereocenters. The second-order valence-electron chi connectivity index (χ2n) is 15.8. The van der Waals surface area contributed by atoms with Crippen LogP contribution >= 0.6 is 0 Å². The van der Waals surface area contributed by atoms with Gasteiger partial charge in [0, 0.05) is 77.6 Å². The van der Waals surface area contributed by atoms with Crippen LogP contribution in [0.2, 0.25) is 0 Å². The topological polar surface area (TPSA) is 189 Å². The molecule has 2 aromatic rings. The highest BCUT2D eigenvalue weighted by molar-refractivity contribution is 6.04. The summed E-state index contributed by atoms with van der Waals surface area (Å²) in [6.07, 6.45) is 7.13. The molecule has 0 spiro atoms. The highest BCUT2D eigenvalue weighted by atomic mass is 16.5. The van der Waals surface area contributed by atoms with Gasteiger partial charge in [-0.3, -0.25) is 19.2 Å². The number of ether oxygens (including phenoxy) is 4. The third-order valence-electron chi connectivity index (χ3n) is 11.4. The first-order chi connectivity index (χ1) is 27.8. The third kappa shape index (κ3) is 10.6. The van der Waals surface area contributed by atoms with Crippen molar-refractivity contribution < 1.29 is 38.1 Å². The SMILES string of the molecule is COc1cc(OC)c(C(=O)NC2CCC(NC(=O)c3cc(C(=O)N4CCC(N)CC4)c(OC)cc3OC)CC2)cc1C(=O)NC1CCC(N=C(N(C)C)N(C)C)CC1. The molecule has 0 radical (unpaired) electrons. The zero-order chi connectivity index (χ0) is 42.1. The number of benzene rings is 2. The van der Waals surface area contributed by atoms with Gasteiger partial charge in [-0.1, -0.05) is 0 Å². The van der Waals surface area contributed by atoms with E-state index >= 15 is 0 Å². The fraction of sp³-hybridized carbons (Fsp3) is 0.595. The predicted octanol–water partition coefficient (Wildman–Crippen LogP) is 3.28. The minimum atomic E-state index is -0.368. The maximum Gasteiger partial charge on any atom is 0.257 e. The molecule has 0 aromatic heterocycles. The minimum absolute atomic E-state index is 0.0318. The summed E-state index contributed by atoms with van der Waals surface area (Å²) < 4.78 is 22.2. The molecule has 3 aliphatic rings. The van der Waals surface area contributed by atoms with Gasteiger partial charge in [-0.15, -0.1) is 0 Å². The van der Waals surface area contributed by atoms with Crippen molar-refractivity contribution in [3.63, 3.8) is 0 Å². The summed E-state index contributed by atoms with van der Waals surface area (Å²) >= 11 is 0. The van der Waals surface area contributed by atoms with E-state index in [1.165, 1.54) is 34.5 Å². The van der Waals surface area contributed by atoms with Crippen LogP contribution in [0.5, 0.6) is 23.0 Å². The maximum absolute atomic E-state index is 13.7. The Morgan fingerprint density at radius 2 is 0.914 bits per heavy atom. The average molecular weight is 807 g/mol. The van der Waals surface area contributed by atoms with Crippen molar-refractivity contribution >= 4 is 29.6 Å². The lowest BCUT2D eigenvalue weighted by Gasteiger charge is -2.31. The number of nitrogens with zero attached hydrogens (tertiary/aromatic N) is 4. The molecule has 16 nitrogen and oxygen atoms in total. The van der Waals surface area contributed by atoms with Crippen LogP contribution in [-0.2, 0) is 0 Å². The van der Waals surface area contributed by atoms with Gasteiger partial charge in [-0.05, 0) is 76.3 Å². The Bertz CT molecular complexity index is 1800. The van der Waals surface area contributed by atoms with Crippen molar-refractivity contribution in [2.75, 3.05) is 69.7 Å². The number of hydrogen-bond donors (Lipinski definition) is 4. The van der Waals surface area contributed by atoms with Crippen LogP contribution in [0.3, 0.4) is 0 Å². The Morgan fingerprint density at radius 1 is 0.569 bits per heavy atom. The number of carbonyl (C=O) groups excluding carboxylic acids is 4. The zero-order valence-corrected chi connectivity index (χ0v) is 35.3. The largest absolute Gasteiger partial charge is 0.496 e. The van der Waals surface area contributed by atoms with Crippen molar-refractivity contribution in [1.29, 1.82) is 0 Å². The summed E-state index contributed by atoms with van der Waals surface area (Å²) in [5, 5.41) is 9.37. The number of aliphatic imine (C=N–C) groups is 1. The Hall–Kier alpha value is -5.25. The highest BCUT2D eigenvalue weighted by Gasteiger charge is 2.31. The van der Waals surface area contributed by atoms with Crippen LogP contribution in [-0.4, -0.2) is 144 Å². The van der Waals surface area contributed by atoms with Crippen molar-refractivity contribution in [1.82, 2.24) is 30.7 Å². The molecule has 2 aliphatic carbocycles. The van der Waals surface area contributed by atoms with Gasteiger partial charge in [0.2, 0.25) is 0 Å². The first-order valence-electron chi connectivity index (χ1n) is 20.2. The van der Waals surface area contributed by atoms with Crippen LogP contribution in [0.4, 0.5) is 0 Å². The van der Waals surface area contributed by atoms with Gasteiger partial charge < -0.3 is 55.3 Å². The molecular formula is C42H62N8O8. The number of methoxy groups -OCH3 is 4. The molecule has 5 N–H and O–H groups in total. The molecular weight excluding hydrogens is 745 g/mol. The first kappa shape index (κ1) is 43.9. The summed E-state index contributed by atoms with van der Waals surface area (Å²) in [5.74, 6) is 0.866. The van der Waals surface area contributed by atoms with E-state index < -0.39 is 0 Å². The lowest BCUT2D eigenvalue weighted by atomic mass is 9.90. The van der Waals surface area contributed by atoms with Gasteiger partial charge in [0.1, 0.15) is 23.0 Å². The summed E-state index contributed by atoms with van der Waals surface area (Å²) in [4.78, 5) is 65.2. The molecule has 16 heteroatoms. The number of hydrogen-bond acceptors (Lipinski definition) is 10. The molecule has 3 fully saturated rings. The smallest absolute Gasteiger partial charge is 0.257 e. The van der Waals surface area contributed by atoms with Crippen LogP contribution in [0.25, 0.3) is 0 Å². The molecule has 318 valence electrons. The first-order valence-corrected chi connectivity index (χ1v) is 20.2. The standard InChI is InChI=1S/C42H62N8O8/c1-48(2)42(49(3)4)47-29-15-13-28(14-16-29)45-39(52)31-21-30(34(55-5)23-35(31)56-6)38(51)44-26-9-11-27(12-10-26)46-40(53)32-22-33(37(58-8)24-36(32)57-7)41(54)50-19-17-25(43)18-20-50/h21-29H,9-20,43H2,1-8H3,(H,44,51)(H,45,52)(H,46,53). The van der Waals surface area contributed by atoms with Gasteiger partial charge >= 0.3 is 0 Å². The fourth-order valence-corrected chi connectivity index (χ4v) is 8.09. The molecule has 1 aliphatic heterocycles. The number of amides is 4. The zero-order valence-electron chi connectivity index (χ0n) is 35.3. The summed E-state index contributed by atoms with van der Waals surface area (Å²) in [6.45, 7) is 1.07. The number of piperidine rings is 1. The van der Waals surface area contributed by atoms with E-state index in [4.69, 9.17) is 29.7 Å². The normalized spacial score (nSPS) is 20.9. The molecule has 5 rings (SSSR count). The lowest BCUT2D eigenvalue weighted by molar-refractivity contribution is 0.0710. The minimum Gasteiger partial charge on any atom is -0.496 e. The van der Waals surface area contributed by atoms with Crippen LogP contribution in [0.1, 0.15) is 106 Å². The number of guanidine groups is 1. The molecule has 2 aromatic carbocycles. The number of likely N-dealkylation sites (tertiary alicyclic amines) is 1. The molecule has 0 bridgehead atoms. The van der Waals surface area contributed by atoms with Crippen molar-refractivity contribution in [3.05, 3.63) is 46.5 Å². The van der Waals surface area contributed by atoms with E-state index in [0.717, 1.165) is 31.6 Å². The van der Waals surface area contributed by atoms with E-state index in [9.17, 15) is 19.2 Å². The number of carbonyl (C=O) groups is 4. The molecule has 58 heavy (non-hydrogen) atoms. The Morgan fingerprint density at radius 3 is 1.28 bits per heavy atom. The van der Waals surface area contributed by atoms with Gasteiger partial charge in [-0.2, -0.15) is 0 Å². The van der Waals surface area contributed by atoms with Crippen molar-refractivity contribution in [3.8, 4) is 23.0 Å². The Balaban J connectivity index is 1.19. The molecule has 0 atom stereocenters. The van der Waals surface area contributed by atoms with E-state index in [1.54, 1.807) is 23.1 Å². The predicted molar refractivity (Wildman–Crippen MR) is 222 cm³/mol. The van der Waals surface area contributed by atoms with E-state index in [-0.39, 0.29) is 81.8 Å². The molecule has 2 saturated carbocycles. The van der Waals surface area contributed by atoms with Gasteiger partial charge in [0.25, 0.3) is 23.6 Å². The van der Waals surface area contributed by atoms with E-state index in [1.807, 2.05) is 38.0 Å². The number of nitrogens with two attached hydrogens (primary N) is 1. The fourth-order valence-electron chi connectivity index (χ4n) is 8.09. The maximum atomic E-state index is 13.7. The monoisotopic (exact) mass is 806 g/mol. The number of nitrogens with one attached hydrogen (secondary N) is 3. The van der Waals surface area contributed by atoms with Crippen LogP contribution in [0.15, 0.2) is 29.3 Å². The second kappa shape index (κ2) is 19.9. The molecule has 1 heterocycles. The average Bonchev–Trinajstić information content (AvgIpc) is 3.22. The van der Waals surface area contributed by atoms with Crippen LogP contribution < -0.4 is 40.6 Å². The van der Waals surface area contributed by atoms with Crippen LogP contribution in [0, 0.1) is 0 Å². The summed E-state index contributed by atoms with van der Waals surface area (Å²) in [7, 11) is 13.8. The van der Waals surface area contributed by atoms with E-state index in [2.05, 4.69) is 16.0 Å². The summed E-state index contributed by atoms with van der Waals surface area (Å²) in [6, 6.07) is 6.10. The van der Waals surface area contributed by atoms with Crippen molar-refractivity contribution in [2.45, 2.75) is 94.4 Å². The van der Waals surface area contributed by atoms with Gasteiger partial charge in [0.15, 0.2) is 5.96 Å². The highest BCUT2D eigenvalue weighted by Crippen LogP contribution is 2.33.